The third kappa shape index (κ3) is 9.76. The number of carboxylic acid groups (broad SMARTS) is 1. The number of carbonyl (C=O) groups excluding carboxylic acids is 5. The fraction of sp³-hybridized carbons (Fsp3) is 0.525. The fourth-order valence-electron chi connectivity index (χ4n) is 22.5. The third-order valence-corrected chi connectivity index (χ3v) is 27.1. The Kier molecular flexibility index (Phi) is 15.9. The van der Waals surface area contributed by atoms with Crippen LogP contribution in [0.5, 0.6) is 46.0 Å². The maximum atomic E-state index is 13.2. The van der Waals surface area contributed by atoms with Gasteiger partial charge in [0.1, 0.15) is 48.8 Å². The molecule has 4 aromatic rings. The Morgan fingerprint density at radius 3 is 0.981 bits per heavy atom. The van der Waals surface area contributed by atoms with Gasteiger partial charge in [0.05, 0.1) is 38.5 Å². The highest BCUT2D eigenvalue weighted by Gasteiger charge is 2.69. The van der Waals surface area contributed by atoms with Gasteiger partial charge in [0, 0.05) is 91.8 Å². The van der Waals surface area contributed by atoms with Crippen LogP contribution in [0.15, 0.2) is 97.1 Å². The van der Waals surface area contributed by atoms with Crippen molar-refractivity contribution in [3.05, 3.63) is 142 Å². The number of cyclic esters (lactones) is 2. The number of rotatable bonds is 9. The van der Waals surface area contributed by atoms with E-state index < -0.39 is 78.5 Å². The predicted octanol–water partition coefficient (Wildman–Crippen LogP) is 4.90. The SMILES string of the molecule is CN1CC[C@]23c4c5ccc(O)c4O[C@H]2[C@@H](O)C=C[C@H]3[C@H]1C5.CN1CC[C@]23c4c5ccc(OC(=O)CCC(=O)O)c4O[C@H]2[C@@H](O)C=C[C@H]3[C@H]1C5.CN1CC[C@]23c4c5ccc(OC(=O)CCC(=O)Oc6ccc7c8c6O[C@H]6[C@@H](O)C=C[C@H]9[C@@H](C7)N(C)CC[C@@]896)c4O[C@H]2[C@@H](O)C=C[C@H]3[C@H]1C5.O=C1CCC(=O)O1. The second-order valence-electron chi connectivity index (χ2n) is 31.8. The van der Waals surface area contributed by atoms with Crippen LogP contribution in [0, 0.1) is 23.7 Å². The van der Waals surface area contributed by atoms with Crippen molar-refractivity contribution in [1.29, 1.82) is 0 Å². The summed E-state index contributed by atoms with van der Waals surface area (Å²) in [6, 6.07) is 16.6. The predicted molar refractivity (Wildman–Crippen MR) is 369 cm³/mol. The first-order valence-electron chi connectivity index (χ1n) is 36.9. The molecule has 21 rings (SSSR count). The number of ether oxygens (including phenoxy) is 8. The molecule has 9 aliphatic heterocycles. The van der Waals surface area contributed by atoms with Crippen molar-refractivity contribution in [3.63, 3.8) is 0 Å². The average molecular weight is 1420 g/mol. The van der Waals surface area contributed by atoms with Gasteiger partial charge in [0.15, 0.2) is 46.0 Å². The molecule has 5 saturated heterocycles. The lowest BCUT2D eigenvalue weighted by atomic mass is 9.53. The highest BCUT2D eigenvalue weighted by molar-refractivity contribution is 5.92. The van der Waals surface area contributed by atoms with Crippen molar-refractivity contribution in [3.8, 4) is 46.0 Å². The molecule has 9 heterocycles. The molecular formula is C80H86N4O20. The monoisotopic (exact) mass is 1420 g/mol. The van der Waals surface area contributed by atoms with E-state index in [9.17, 15) is 54.3 Å². The quantitative estimate of drug-likeness (QED) is 0.0562. The molecule has 17 aliphatic rings. The van der Waals surface area contributed by atoms with Gasteiger partial charge in [0.2, 0.25) is 0 Å². The van der Waals surface area contributed by atoms with Gasteiger partial charge < -0.3 is 88.1 Å². The molecule has 8 bridgehead atoms. The van der Waals surface area contributed by atoms with Crippen LogP contribution in [0.25, 0.3) is 0 Å². The van der Waals surface area contributed by atoms with Gasteiger partial charge in [-0.2, -0.15) is 0 Å². The van der Waals surface area contributed by atoms with Gasteiger partial charge in [-0.25, -0.2) is 0 Å². The Morgan fingerprint density at radius 1 is 0.413 bits per heavy atom. The standard InChI is InChI=1S/C38H40N2O8.C21H23NO6.C17H19NO3.C4H4O3/c1-39-15-13-37-21-5-7-25(41)35(37)47-33-27(9-3-19(31(33)37)17-23(21)39)45-29(43)11-12-30(44)46-28-10-4-20-18-24-22-6-8-26(42)36-38(22,14-16-40(24)2)32(20)34(28)48-36;1-22-9-8-21-12-3-4-14(23)20(21)28-19-15(27-17(26)7-6-16(24)25)5-2-11(18(19)21)10-13(12)22;1-18-7-6-17-10-3-5-13(20)16(17)21-15-12(19)4-2-9(14(15)17)8-11(10)18;5-3-1-2-4(6)7-3/h3-10,21-26,35-36,41-42H,11-18H2,1-2H3;2-5,12-14,20,23H,6-10H2,1H3,(H,24,25);2-5,10-11,13,16,19-20H,6-8H2,1H3;1-2H2/t21-,22-,23+,24+,25-,26-,35-,36-,37-,38-;12-,13+,14-,20-,21-;10-,11+,13-,16-,17-;/m000./s1. The number of aliphatic hydroxyl groups excluding tert-OH is 4. The molecule has 6 N–H and O–H groups in total. The minimum atomic E-state index is -1.04. The summed E-state index contributed by atoms with van der Waals surface area (Å²) >= 11 is 0. The van der Waals surface area contributed by atoms with E-state index in [4.69, 9.17) is 38.3 Å². The van der Waals surface area contributed by atoms with Crippen LogP contribution in [-0.2, 0) is 80.8 Å². The van der Waals surface area contributed by atoms with Gasteiger partial charge in [-0.15, -0.1) is 0 Å². The summed E-state index contributed by atoms with van der Waals surface area (Å²) in [5, 5.41) is 62.1. The normalized spacial score (nSPS) is 37.2. The molecule has 0 aromatic heterocycles. The number of phenols is 1. The molecule has 546 valence electrons. The number of phenolic OH excluding ortho intramolecular Hbond substituents is 1. The summed E-state index contributed by atoms with van der Waals surface area (Å²) < 4.78 is 46.6. The van der Waals surface area contributed by atoms with Crippen molar-refractivity contribution in [2.45, 2.75) is 185 Å². The smallest absolute Gasteiger partial charge is 0.314 e. The number of esters is 5. The maximum Gasteiger partial charge on any atom is 0.314 e. The fourth-order valence-corrected chi connectivity index (χ4v) is 22.5. The highest BCUT2D eigenvalue weighted by Crippen LogP contribution is 2.67. The molecule has 104 heavy (non-hydrogen) atoms. The third-order valence-electron chi connectivity index (χ3n) is 27.1. The zero-order valence-corrected chi connectivity index (χ0v) is 58.4. The number of likely N-dealkylation sites (tertiary alicyclic amines) is 4. The summed E-state index contributed by atoms with van der Waals surface area (Å²) in [5.74, 6) is 0.920. The molecule has 20 atom stereocenters. The lowest BCUT2D eigenvalue weighted by Gasteiger charge is -2.56. The summed E-state index contributed by atoms with van der Waals surface area (Å²) in [5.41, 5.74) is 8.02. The number of likely N-dealkylation sites (N-methyl/N-ethyl adjacent to an activating group) is 4. The van der Waals surface area contributed by atoms with Crippen LogP contribution in [0.1, 0.15) is 109 Å². The Labute approximate surface area is 600 Å². The number of hydrogen-bond donors (Lipinski definition) is 6. The van der Waals surface area contributed by atoms with Crippen molar-refractivity contribution < 1.29 is 97.3 Å². The minimum absolute atomic E-state index is 0.160. The first kappa shape index (κ1) is 67.4. The molecule has 0 unspecified atom stereocenters. The van der Waals surface area contributed by atoms with Crippen molar-refractivity contribution in [2.24, 2.45) is 23.7 Å². The van der Waals surface area contributed by atoms with Crippen LogP contribution in [0.2, 0.25) is 0 Å². The number of piperidine rings is 4. The van der Waals surface area contributed by atoms with E-state index in [1.165, 1.54) is 27.8 Å². The lowest BCUT2D eigenvalue weighted by molar-refractivity contribution is -0.152. The number of aliphatic hydroxyl groups is 4. The summed E-state index contributed by atoms with van der Waals surface area (Å²) in [6.45, 7) is 3.74. The second-order valence-corrected chi connectivity index (χ2v) is 31.8. The molecule has 24 heteroatoms. The Morgan fingerprint density at radius 2 is 0.692 bits per heavy atom. The number of aromatic hydroxyl groups is 1. The van der Waals surface area contributed by atoms with E-state index in [-0.39, 0.29) is 89.8 Å². The van der Waals surface area contributed by atoms with Crippen LogP contribution in [0.3, 0.4) is 0 Å². The average Bonchev–Trinajstić information content (AvgIpc) is 1.50. The van der Waals surface area contributed by atoms with Gasteiger partial charge in [-0.3, -0.25) is 28.8 Å². The van der Waals surface area contributed by atoms with Gasteiger partial charge in [-0.1, -0.05) is 72.9 Å². The van der Waals surface area contributed by atoms with Crippen LogP contribution >= 0.6 is 0 Å². The topological polar surface area (TPSA) is 311 Å². The van der Waals surface area contributed by atoms with E-state index in [2.05, 4.69) is 76.8 Å². The van der Waals surface area contributed by atoms with Gasteiger partial charge >= 0.3 is 35.8 Å². The number of carbonyl (C=O) groups is 6. The summed E-state index contributed by atoms with van der Waals surface area (Å²) in [4.78, 5) is 78.8. The highest BCUT2D eigenvalue weighted by atomic mass is 16.6. The van der Waals surface area contributed by atoms with Crippen molar-refractivity contribution in [1.82, 2.24) is 19.6 Å². The number of carboxylic acids is 1. The zero-order valence-electron chi connectivity index (χ0n) is 58.4. The number of benzene rings is 4. The molecule has 0 amide bonds. The molecular weight excluding hydrogens is 1340 g/mol. The Bertz CT molecular complexity index is 4330. The summed E-state index contributed by atoms with van der Waals surface area (Å²) in [6.07, 6.45) is 18.6. The lowest BCUT2D eigenvalue weighted by Crippen LogP contribution is -2.64. The van der Waals surface area contributed by atoms with Crippen LogP contribution in [0.4, 0.5) is 0 Å². The molecule has 4 aromatic carbocycles. The van der Waals surface area contributed by atoms with E-state index in [1.54, 1.807) is 24.3 Å². The molecule has 8 aliphatic carbocycles. The van der Waals surface area contributed by atoms with Gasteiger partial charge in [-0.05, 0) is 152 Å². The molecule has 4 spiro atoms. The van der Waals surface area contributed by atoms with E-state index in [0.29, 0.717) is 70.3 Å². The summed E-state index contributed by atoms with van der Waals surface area (Å²) in [7, 11) is 8.65. The largest absolute Gasteiger partial charge is 0.504 e. The molecule has 0 radical (unpaired) electrons. The number of nitrogens with zero attached hydrogens (tertiary/aromatic N) is 4. The first-order chi connectivity index (χ1) is 50.0. The molecule has 0 saturated carbocycles. The Hall–Kier alpha value is -8.46. The zero-order chi connectivity index (χ0) is 71.9. The second kappa shape index (κ2) is 24.6. The van der Waals surface area contributed by atoms with Crippen molar-refractivity contribution in [2.75, 3.05) is 54.4 Å². The number of aliphatic carboxylic acids is 1. The molecule has 24 nitrogen and oxygen atoms in total. The van der Waals surface area contributed by atoms with E-state index in [0.717, 1.165) is 94.2 Å². The number of hydrogen-bond acceptors (Lipinski definition) is 23. The van der Waals surface area contributed by atoms with Crippen LogP contribution < -0.4 is 33.2 Å². The maximum absolute atomic E-state index is 13.2. The Balaban J connectivity index is 0.000000115. The van der Waals surface area contributed by atoms with E-state index >= 15 is 0 Å². The first-order valence-corrected chi connectivity index (χ1v) is 36.9. The van der Waals surface area contributed by atoms with Crippen LogP contribution in [-0.4, -0.2) is 213 Å². The molecule has 5 fully saturated rings. The van der Waals surface area contributed by atoms with Crippen molar-refractivity contribution >= 4 is 35.8 Å². The van der Waals surface area contributed by atoms with E-state index in [1.807, 2.05) is 48.6 Å². The van der Waals surface area contributed by atoms with Gasteiger partial charge in [0.25, 0.3) is 0 Å². The minimum Gasteiger partial charge on any atom is -0.504 e.